The van der Waals surface area contributed by atoms with Crippen LogP contribution < -0.4 is 14.8 Å². The van der Waals surface area contributed by atoms with Crippen LogP contribution in [0.2, 0.25) is 0 Å². The van der Waals surface area contributed by atoms with E-state index in [0.717, 1.165) is 0 Å². The number of hydrogen-bond acceptors (Lipinski definition) is 5. The highest BCUT2D eigenvalue weighted by molar-refractivity contribution is 5.83. The van der Waals surface area contributed by atoms with Crippen LogP contribution in [0.4, 0.5) is 0 Å². The molecule has 0 spiro atoms. The van der Waals surface area contributed by atoms with Gasteiger partial charge in [-0.25, -0.2) is 0 Å². The van der Waals surface area contributed by atoms with Gasteiger partial charge in [0.25, 0.3) is 5.91 Å². The summed E-state index contributed by atoms with van der Waals surface area (Å²) in [6.45, 7) is 1.76. The number of methoxy groups -OCH3 is 1. The second-order valence-electron chi connectivity index (χ2n) is 5.42. The number of fused-ring (bicyclic) bond motifs is 1. The molecule has 0 aliphatic carbocycles. The van der Waals surface area contributed by atoms with Gasteiger partial charge >= 0.3 is 5.97 Å². The van der Waals surface area contributed by atoms with Gasteiger partial charge in [-0.05, 0) is 19.1 Å². The number of benzene rings is 1. The molecule has 0 saturated carbocycles. The average molecular weight is 309 g/mol. The Kier molecular flexibility index (Phi) is 4.87. The van der Waals surface area contributed by atoms with Gasteiger partial charge in [0.1, 0.15) is 6.61 Å². The number of carboxylic acids is 1. The highest BCUT2D eigenvalue weighted by Crippen LogP contribution is 2.31. The summed E-state index contributed by atoms with van der Waals surface area (Å²) in [5.74, 6) is -0.390. The fourth-order valence-corrected chi connectivity index (χ4v) is 2.31. The van der Waals surface area contributed by atoms with E-state index in [0.29, 0.717) is 11.5 Å². The summed E-state index contributed by atoms with van der Waals surface area (Å²) >= 11 is 0. The zero-order valence-electron chi connectivity index (χ0n) is 12.5. The van der Waals surface area contributed by atoms with Gasteiger partial charge < -0.3 is 24.6 Å². The number of ether oxygens (including phenoxy) is 3. The molecule has 2 N–H and O–H groups in total. The number of carbonyl (C=O) groups excluding carboxylic acids is 1. The van der Waals surface area contributed by atoms with Crippen LogP contribution in [0.25, 0.3) is 0 Å². The Balaban J connectivity index is 2.04. The Hall–Kier alpha value is -2.28. The molecular weight excluding hydrogens is 290 g/mol. The van der Waals surface area contributed by atoms with Crippen molar-refractivity contribution in [1.29, 1.82) is 0 Å². The predicted octanol–water partition coefficient (Wildman–Crippen LogP) is 0.822. The molecule has 0 saturated heterocycles. The Morgan fingerprint density at radius 1 is 1.41 bits per heavy atom. The molecular formula is C15H19NO6. The molecule has 1 aliphatic rings. The van der Waals surface area contributed by atoms with Crippen molar-refractivity contribution in [2.75, 3.05) is 20.3 Å². The molecule has 2 rings (SSSR count). The van der Waals surface area contributed by atoms with Crippen LogP contribution in [-0.2, 0) is 14.3 Å². The number of hydrogen-bond donors (Lipinski definition) is 2. The molecule has 0 aromatic heterocycles. The summed E-state index contributed by atoms with van der Waals surface area (Å²) in [5.41, 5.74) is -1.02. The lowest BCUT2D eigenvalue weighted by Gasteiger charge is -2.32. The zero-order valence-corrected chi connectivity index (χ0v) is 12.5. The van der Waals surface area contributed by atoms with Crippen LogP contribution in [0, 0.1) is 0 Å². The van der Waals surface area contributed by atoms with E-state index in [1.807, 2.05) is 6.07 Å². The predicted molar refractivity (Wildman–Crippen MR) is 77.0 cm³/mol. The van der Waals surface area contributed by atoms with Gasteiger partial charge in [-0.3, -0.25) is 9.59 Å². The quantitative estimate of drug-likeness (QED) is 0.808. The molecule has 1 aromatic rings. The summed E-state index contributed by atoms with van der Waals surface area (Å²) < 4.78 is 16.1. The Morgan fingerprint density at radius 3 is 2.73 bits per heavy atom. The van der Waals surface area contributed by atoms with E-state index in [1.54, 1.807) is 25.1 Å². The van der Waals surface area contributed by atoms with Crippen molar-refractivity contribution in [2.45, 2.75) is 25.0 Å². The number of para-hydroxylation sites is 2. The van der Waals surface area contributed by atoms with Gasteiger partial charge in [-0.1, -0.05) is 12.1 Å². The Bertz CT molecular complexity index is 561. The van der Waals surface area contributed by atoms with Crippen LogP contribution in [0.5, 0.6) is 11.5 Å². The maximum absolute atomic E-state index is 12.3. The maximum Gasteiger partial charge on any atom is 0.305 e. The van der Waals surface area contributed by atoms with Gasteiger partial charge in [0.2, 0.25) is 6.10 Å². The largest absolute Gasteiger partial charge is 0.485 e. The third-order valence-corrected chi connectivity index (χ3v) is 3.23. The summed E-state index contributed by atoms with van der Waals surface area (Å²) in [5, 5.41) is 11.6. The molecule has 1 aromatic carbocycles. The second-order valence-corrected chi connectivity index (χ2v) is 5.42. The molecule has 2 unspecified atom stereocenters. The normalized spacial score (nSPS) is 19.1. The molecule has 7 nitrogen and oxygen atoms in total. The minimum absolute atomic E-state index is 0.0684. The molecule has 22 heavy (non-hydrogen) atoms. The van der Waals surface area contributed by atoms with E-state index in [4.69, 9.17) is 19.3 Å². The third kappa shape index (κ3) is 3.88. The molecule has 1 amide bonds. The fraction of sp³-hybridized carbons (Fsp3) is 0.467. The first-order valence-electron chi connectivity index (χ1n) is 6.85. The highest BCUT2D eigenvalue weighted by atomic mass is 16.6. The summed E-state index contributed by atoms with van der Waals surface area (Å²) in [4.78, 5) is 23.3. The molecule has 7 heteroatoms. The van der Waals surface area contributed by atoms with Crippen LogP contribution in [-0.4, -0.2) is 48.9 Å². The van der Waals surface area contributed by atoms with Gasteiger partial charge in [0.05, 0.1) is 18.6 Å². The molecule has 0 bridgehead atoms. The van der Waals surface area contributed by atoms with E-state index in [9.17, 15) is 9.59 Å². The SMILES string of the molecule is COCC(C)(CC(=O)O)NC(=O)C1COc2ccccc2O1. The lowest BCUT2D eigenvalue weighted by molar-refractivity contribution is -0.140. The van der Waals surface area contributed by atoms with Crippen molar-refractivity contribution in [3.05, 3.63) is 24.3 Å². The molecule has 0 fully saturated rings. The van der Waals surface area contributed by atoms with Crippen molar-refractivity contribution in [1.82, 2.24) is 5.32 Å². The summed E-state index contributed by atoms with van der Waals surface area (Å²) in [6, 6.07) is 7.05. The monoisotopic (exact) mass is 309 g/mol. The van der Waals surface area contributed by atoms with E-state index in [1.165, 1.54) is 7.11 Å². The van der Waals surface area contributed by atoms with E-state index in [2.05, 4.69) is 5.32 Å². The van der Waals surface area contributed by atoms with Crippen molar-refractivity contribution in [3.8, 4) is 11.5 Å². The smallest absolute Gasteiger partial charge is 0.305 e. The van der Waals surface area contributed by atoms with Crippen molar-refractivity contribution >= 4 is 11.9 Å². The number of aliphatic carboxylic acids is 1. The van der Waals surface area contributed by atoms with Crippen molar-refractivity contribution < 1.29 is 28.9 Å². The lowest BCUT2D eigenvalue weighted by Crippen LogP contribution is -2.56. The molecule has 1 aliphatic heterocycles. The van der Waals surface area contributed by atoms with E-state index < -0.39 is 23.5 Å². The van der Waals surface area contributed by atoms with E-state index in [-0.39, 0.29) is 19.6 Å². The Labute approximate surface area is 128 Å². The first-order chi connectivity index (χ1) is 10.4. The second kappa shape index (κ2) is 6.65. The summed E-state index contributed by atoms with van der Waals surface area (Å²) in [6.07, 6.45) is -1.09. The third-order valence-electron chi connectivity index (χ3n) is 3.23. The zero-order chi connectivity index (χ0) is 16.2. The van der Waals surface area contributed by atoms with Crippen LogP contribution in [0.1, 0.15) is 13.3 Å². The number of carboxylic acid groups (broad SMARTS) is 1. The van der Waals surface area contributed by atoms with Gasteiger partial charge in [0, 0.05) is 7.11 Å². The number of amides is 1. The van der Waals surface area contributed by atoms with Crippen molar-refractivity contribution in [2.24, 2.45) is 0 Å². The average Bonchev–Trinajstić information content (AvgIpc) is 2.45. The topological polar surface area (TPSA) is 94.1 Å². The number of nitrogens with one attached hydrogen (secondary N) is 1. The molecule has 120 valence electrons. The van der Waals surface area contributed by atoms with Crippen LogP contribution >= 0.6 is 0 Å². The van der Waals surface area contributed by atoms with Crippen LogP contribution in [0.3, 0.4) is 0 Å². The maximum atomic E-state index is 12.3. The van der Waals surface area contributed by atoms with Gasteiger partial charge in [-0.15, -0.1) is 0 Å². The first-order valence-corrected chi connectivity index (χ1v) is 6.85. The number of rotatable bonds is 6. The minimum Gasteiger partial charge on any atom is -0.485 e. The standard InChI is InChI=1S/C15H19NO6/c1-15(9-20-2,7-13(17)18)16-14(19)12-8-21-10-5-3-4-6-11(10)22-12/h3-6,12H,7-9H2,1-2H3,(H,16,19)(H,17,18). The molecule has 2 atom stereocenters. The first kappa shape index (κ1) is 16.1. The van der Waals surface area contributed by atoms with Gasteiger partial charge in [0.15, 0.2) is 11.5 Å². The molecule has 0 radical (unpaired) electrons. The van der Waals surface area contributed by atoms with Crippen LogP contribution in [0.15, 0.2) is 24.3 Å². The summed E-state index contributed by atoms with van der Waals surface area (Å²) in [7, 11) is 1.45. The number of carbonyl (C=O) groups is 2. The van der Waals surface area contributed by atoms with Crippen molar-refractivity contribution in [3.63, 3.8) is 0 Å². The van der Waals surface area contributed by atoms with E-state index >= 15 is 0 Å². The minimum atomic E-state index is -1.02. The Morgan fingerprint density at radius 2 is 2.09 bits per heavy atom. The van der Waals surface area contributed by atoms with Gasteiger partial charge in [-0.2, -0.15) is 0 Å². The lowest BCUT2D eigenvalue weighted by atomic mass is 9.98. The molecule has 1 heterocycles. The highest BCUT2D eigenvalue weighted by Gasteiger charge is 2.35. The fourth-order valence-electron chi connectivity index (χ4n) is 2.31.